The number of rotatable bonds is 8. The second-order valence-electron chi connectivity index (χ2n) is 7.38. The lowest BCUT2D eigenvalue weighted by Gasteiger charge is -2.19. The van der Waals surface area contributed by atoms with Gasteiger partial charge < -0.3 is 0 Å². The molecule has 2 aromatic carbocycles. The molecule has 0 radical (unpaired) electrons. The Morgan fingerprint density at radius 3 is 2.09 bits per heavy atom. The van der Waals surface area contributed by atoms with Crippen molar-refractivity contribution in [1.82, 2.24) is 0 Å². The van der Waals surface area contributed by atoms with E-state index in [-0.39, 0.29) is 56.8 Å². The van der Waals surface area contributed by atoms with Gasteiger partial charge in [0.2, 0.25) is 0 Å². The topological polar surface area (TPSA) is 17.1 Å². The van der Waals surface area contributed by atoms with Gasteiger partial charge in [0, 0.05) is 12.8 Å². The predicted octanol–water partition coefficient (Wildman–Crippen LogP) is 9.33. The maximum atomic E-state index is 13.7. The van der Waals surface area contributed by atoms with Gasteiger partial charge in [-0.05, 0) is 47.7 Å². The number of Topliss-reactive ketones (excluding diaryl/α,β-unsaturated/α-hetero) is 1. The van der Waals surface area contributed by atoms with Crippen LogP contribution in [0.5, 0.6) is 0 Å². The summed E-state index contributed by atoms with van der Waals surface area (Å²) in [6, 6.07) is 5.25. The molecule has 1 unspecified atom stereocenters. The van der Waals surface area contributed by atoms with Crippen molar-refractivity contribution in [2.45, 2.75) is 50.9 Å². The molecule has 0 fully saturated rings. The molecule has 33 heavy (non-hydrogen) atoms. The van der Waals surface area contributed by atoms with Crippen LogP contribution in [-0.4, -0.2) is 12.0 Å². The fourth-order valence-corrected chi connectivity index (χ4v) is 3.84. The highest BCUT2D eigenvalue weighted by molar-refractivity contribution is 6.48. The van der Waals surface area contributed by atoms with Crippen LogP contribution < -0.4 is 0 Å². The summed E-state index contributed by atoms with van der Waals surface area (Å²) in [5.41, 5.74) is -1.46. The van der Waals surface area contributed by atoms with E-state index in [1.165, 1.54) is 12.1 Å². The van der Waals surface area contributed by atoms with Gasteiger partial charge in [0.25, 0.3) is 0 Å². The normalized spacial score (nSPS) is 13.5. The molecule has 0 saturated heterocycles. The van der Waals surface area contributed by atoms with E-state index >= 15 is 0 Å². The first kappa shape index (κ1) is 27.5. The predicted molar refractivity (Wildman–Crippen MR) is 119 cm³/mol. The zero-order chi connectivity index (χ0) is 25.0. The van der Waals surface area contributed by atoms with Gasteiger partial charge in [0.15, 0.2) is 0 Å². The molecule has 0 aromatic heterocycles. The third kappa shape index (κ3) is 7.66. The number of halogens is 9. The van der Waals surface area contributed by atoms with Crippen molar-refractivity contribution < 1.29 is 31.1 Å². The fraction of sp³-hybridized carbons (Fsp3) is 0.348. The molecule has 1 nitrogen and oxygen atoms in total. The Balaban J connectivity index is 2.40. The van der Waals surface area contributed by atoms with Crippen LogP contribution in [0.15, 0.2) is 36.4 Å². The molecular formula is C23H19Cl3F6O. The Morgan fingerprint density at radius 2 is 1.58 bits per heavy atom. The van der Waals surface area contributed by atoms with Crippen LogP contribution in [0.1, 0.15) is 54.4 Å². The van der Waals surface area contributed by atoms with E-state index in [1.54, 1.807) is 6.92 Å². The first-order valence-corrected chi connectivity index (χ1v) is 11.0. The summed E-state index contributed by atoms with van der Waals surface area (Å²) >= 11 is 17.5. The molecule has 0 saturated carbocycles. The number of carbonyl (C=O) groups is 1. The minimum absolute atomic E-state index is 0.0413. The maximum absolute atomic E-state index is 13.7. The van der Waals surface area contributed by atoms with Gasteiger partial charge >= 0.3 is 12.4 Å². The van der Waals surface area contributed by atoms with Gasteiger partial charge in [-0.3, -0.25) is 4.79 Å². The number of allylic oxidation sites excluding steroid dienone is 1. The van der Waals surface area contributed by atoms with Crippen LogP contribution in [0.3, 0.4) is 0 Å². The Hall–Kier alpha value is -1.70. The highest BCUT2D eigenvalue weighted by atomic mass is 35.5. The number of alkyl halides is 6. The lowest BCUT2D eigenvalue weighted by atomic mass is 9.95. The molecule has 2 aromatic rings. The summed E-state index contributed by atoms with van der Waals surface area (Å²) in [7, 11) is 0. The van der Waals surface area contributed by atoms with Crippen molar-refractivity contribution in [2.24, 2.45) is 0 Å². The third-order valence-electron chi connectivity index (χ3n) is 4.84. The Labute approximate surface area is 202 Å². The van der Waals surface area contributed by atoms with Crippen molar-refractivity contribution in [1.29, 1.82) is 0 Å². The largest absolute Gasteiger partial charge is 0.416 e. The van der Waals surface area contributed by atoms with Gasteiger partial charge in [0.1, 0.15) is 5.78 Å². The number of carbonyl (C=O) groups excluding carboxylic acids is 1. The minimum atomic E-state index is -4.76. The van der Waals surface area contributed by atoms with Crippen molar-refractivity contribution >= 4 is 46.7 Å². The smallest absolute Gasteiger partial charge is 0.300 e. The lowest BCUT2D eigenvalue weighted by molar-refractivity contribution is -0.140. The molecule has 2 rings (SSSR count). The van der Waals surface area contributed by atoms with E-state index in [2.05, 4.69) is 0 Å². The van der Waals surface area contributed by atoms with Crippen molar-refractivity contribution in [3.63, 3.8) is 0 Å². The molecular weight excluding hydrogens is 513 g/mol. The first-order chi connectivity index (χ1) is 15.2. The highest BCUT2D eigenvalue weighted by Crippen LogP contribution is 2.41. The van der Waals surface area contributed by atoms with E-state index in [4.69, 9.17) is 34.8 Å². The van der Waals surface area contributed by atoms with Gasteiger partial charge in [-0.2, -0.15) is 26.3 Å². The van der Waals surface area contributed by atoms with Crippen LogP contribution in [0.4, 0.5) is 26.3 Å². The molecule has 0 aliphatic rings. The standard InChI is InChI=1S/C23H19Cl3F6O/c1-2-3-16(33)8-7-14-6-4-13(10-18(14)23(30,31)32)5-9-17(22(27,28)29)15-11-19(24)21(26)20(25)12-15/h4-6,9-12,17H,2-3,7-8H2,1H3/b9-5+. The number of hydrogen-bond acceptors (Lipinski definition) is 1. The molecule has 0 N–H and O–H groups in total. The van der Waals surface area contributed by atoms with E-state index in [0.717, 1.165) is 30.4 Å². The number of aryl methyl sites for hydroxylation is 1. The lowest BCUT2D eigenvalue weighted by Crippen LogP contribution is -2.19. The SMILES string of the molecule is CCCC(=O)CCc1ccc(/C=C/C(c2cc(Cl)c(Cl)c(Cl)c2)C(F)(F)F)cc1C(F)(F)F. The number of benzene rings is 2. The highest BCUT2D eigenvalue weighted by Gasteiger charge is 2.39. The number of ketones is 1. The van der Waals surface area contributed by atoms with E-state index < -0.39 is 23.8 Å². The van der Waals surface area contributed by atoms with Crippen molar-refractivity contribution in [2.75, 3.05) is 0 Å². The van der Waals surface area contributed by atoms with E-state index in [0.29, 0.717) is 6.42 Å². The number of hydrogen-bond donors (Lipinski definition) is 0. The third-order valence-corrected chi connectivity index (χ3v) is 6.04. The Morgan fingerprint density at radius 1 is 0.970 bits per heavy atom. The molecule has 0 bridgehead atoms. The van der Waals surface area contributed by atoms with Crippen LogP contribution in [-0.2, 0) is 17.4 Å². The zero-order valence-corrected chi connectivity index (χ0v) is 19.5. The summed E-state index contributed by atoms with van der Waals surface area (Å²) in [6.07, 6.45) is -7.08. The Kier molecular flexibility index (Phi) is 9.31. The van der Waals surface area contributed by atoms with Crippen LogP contribution in [0.2, 0.25) is 15.1 Å². The summed E-state index contributed by atoms with van der Waals surface area (Å²) < 4.78 is 81.6. The second kappa shape index (κ2) is 11.2. The van der Waals surface area contributed by atoms with Crippen LogP contribution in [0.25, 0.3) is 6.08 Å². The van der Waals surface area contributed by atoms with Crippen molar-refractivity contribution in [3.8, 4) is 0 Å². The monoisotopic (exact) mass is 530 g/mol. The summed E-state index contributed by atoms with van der Waals surface area (Å²) in [6.45, 7) is 1.79. The van der Waals surface area contributed by atoms with E-state index in [9.17, 15) is 31.1 Å². The summed E-state index contributed by atoms with van der Waals surface area (Å²) in [5, 5.41) is -0.457. The van der Waals surface area contributed by atoms with Crippen LogP contribution >= 0.6 is 34.8 Å². The van der Waals surface area contributed by atoms with Crippen LogP contribution in [0, 0.1) is 0 Å². The maximum Gasteiger partial charge on any atom is 0.416 e. The quantitative estimate of drug-likeness (QED) is 0.245. The first-order valence-electron chi connectivity index (χ1n) is 9.85. The average Bonchev–Trinajstić information content (AvgIpc) is 2.69. The van der Waals surface area contributed by atoms with Gasteiger partial charge in [-0.15, -0.1) is 0 Å². The average molecular weight is 532 g/mol. The minimum Gasteiger partial charge on any atom is -0.300 e. The Bertz CT molecular complexity index is 1000. The van der Waals surface area contributed by atoms with E-state index in [1.807, 2.05) is 0 Å². The molecule has 180 valence electrons. The molecule has 0 amide bonds. The van der Waals surface area contributed by atoms with Crippen molar-refractivity contribution in [3.05, 3.63) is 73.7 Å². The molecule has 0 spiro atoms. The van der Waals surface area contributed by atoms with Gasteiger partial charge in [-0.25, -0.2) is 0 Å². The molecule has 0 heterocycles. The zero-order valence-electron chi connectivity index (χ0n) is 17.3. The molecule has 1 atom stereocenters. The summed E-state index contributed by atoms with van der Waals surface area (Å²) in [5.74, 6) is -2.33. The molecule has 0 aliphatic carbocycles. The molecule has 10 heteroatoms. The summed E-state index contributed by atoms with van der Waals surface area (Å²) in [4.78, 5) is 11.7. The fourth-order valence-electron chi connectivity index (χ4n) is 3.23. The van der Waals surface area contributed by atoms with Gasteiger partial charge in [0.05, 0.1) is 26.5 Å². The molecule has 0 aliphatic heterocycles. The second-order valence-corrected chi connectivity index (χ2v) is 8.57. The van der Waals surface area contributed by atoms with Gasteiger partial charge in [-0.1, -0.05) is 66.0 Å².